The summed E-state index contributed by atoms with van der Waals surface area (Å²) in [5.74, 6) is -0.956. The number of ether oxygens (including phenoxy) is 1. The fourth-order valence-corrected chi connectivity index (χ4v) is 2.57. The summed E-state index contributed by atoms with van der Waals surface area (Å²) in [5, 5.41) is 14.4. The van der Waals surface area contributed by atoms with E-state index in [1.807, 2.05) is 41.1 Å². The van der Waals surface area contributed by atoms with Crippen molar-refractivity contribution in [2.45, 2.75) is 12.8 Å². The smallest absolute Gasteiger partial charge is 0.310 e. The van der Waals surface area contributed by atoms with E-state index in [0.29, 0.717) is 11.3 Å². The van der Waals surface area contributed by atoms with Gasteiger partial charge in [-0.15, -0.1) is 0 Å². The lowest BCUT2D eigenvalue weighted by atomic mass is 9.98. The number of aliphatic carboxylic acids is 1. The monoisotopic (exact) mass is 296 g/mol. The number of nitrogens with zero attached hydrogens (tertiary/aromatic N) is 2. The predicted molar refractivity (Wildman–Crippen MR) is 83.7 cm³/mol. The number of carboxylic acids is 1. The molecule has 0 saturated heterocycles. The fraction of sp³-hybridized carbons (Fsp3) is 0.176. The van der Waals surface area contributed by atoms with Gasteiger partial charge in [-0.1, -0.05) is 24.3 Å². The number of hydrogen-bond donors (Lipinski definition) is 1. The molecule has 0 saturated carbocycles. The van der Waals surface area contributed by atoms with Crippen LogP contribution in [0.4, 0.5) is 0 Å². The van der Waals surface area contributed by atoms with Crippen molar-refractivity contribution in [3.8, 4) is 11.4 Å². The second-order valence-corrected chi connectivity index (χ2v) is 5.07. The molecule has 1 aromatic heterocycles. The predicted octanol–water partition coefficient (Wildman–Crippen LogP) is 3.22. The third-order valence-corrected chi connectivity index (χ3v) is 3.78. The van der Waals surface area contributed by atoms with Crippen LogP contribution in [0.1, 0.15) is 18.4 Å². The van der Waals surface area contributed by atoms with E-state index in [0.717, 1.165) is 16.6 Å². The van der Waals surface area contributed by atoms with Crippen LogP contribution in [0.15, 0.2) is 48.7 Å². The molecule has 5 heteroatoms. The summed E-state index contributed by atoms with van der Waals surface area (Å²) in [6.07, 6.45) is 1.71. The molecule has 0 spiro atoms. The van der Waals surface area contributed by atoms with Crippen LogP contribution in [0.25, 0.3) is 16.6 Å². The summed E-state index contributed by atoms with van der Waals surface area (Å²) in [6, 6.07) is 13.4. The Bertz CT molecular complexity index is 825. The molecule has 22 heavy (non-hydrogen) atoms. The summed E-state index contributed by atoms with van der Waals surface area (Å²) >= 11 is 0. The van der Waals surface area contributed by atoms with Crippen LogP contribution in [0.3, 0.4) is 0 Å². The Morgan fingerprint density at radius 1 is 1.23 bits per heavy atom. The van der Waals surface area contributed by atoms with Gasteiger partial charge in [0.15, 0.2) is 0 Å². The maximum atomic E-state index is 11.3. The van der Waals surface area contributed by atoms with Gasteiger partial charge in [0.05, 0.1) is 35.8 Å². The van der Waals surface area contributed by atoms with Crippen molar-refractivity contribution in [1.29, 1.82) is 0 Å². The maximum Gasteiger partial charge on any atom is 0.310 e. The molecule has 0 aliphatic rings. The molecule has 0 fully saturated rings. The van der Waals surface area contributed by atoms with Crippen molar-refractivity contribution in [1.82, 2.24) is 9.78 Å². The number of para-hydroxylation sites is 1. The van der Waals surface area contributed by atoms with E-state index in [1.165, 1.54) is 0 Å². The van der Waals surface area contributed by atoms with Crippen LogP contribution in [0.2, 0.25) is 0 Å². The van der Waals surface area contributed by atoms with E-state index in [9.17, 15) is 9.90 Å². The van der Waals surface area contributed by atoms with Gasteiger partial charge in [-0.2, -0.15) is 5.10 Å². The minimum atomic E-state index is -0.881. The molecule has 5 nitrogen and oxygen atoms in total. The third-order valence-electron chi connectivity index (χ3n) is 3.78. The largest absolute Gasteiger partial charge is 0.496 e. The Morgan fingerprint density at radius 3 is 2.59 bits per heavy atom. The molecular weight excluding hydrogens is 280 g/mol. The van der Waals surface area contributed by atoms with Gasteiger partial charge in [-0.25, -0.2) is 4.68 Å². The number of benzene rings is 2. The second kappa shape index (κ2) is 5.52. The zero-order valence-electron chi connectivity index (χ0n) is 12.4. The van der Waals surface area contributed by atoms with Gasteiger partial charge in [-0.3, -0.25) is 4.79 Å². The summed E-state index contributed by atoms with van der Waals surface area (Å²) < 4.78 is 7.28. The second-order valence-electron chi connectivity index (χ2n) is 5.07. The zero-order chi connectivity index (χ0) is 15.7. The lowest BCUT2D eigenvalue weighted by Crippen LogP contribution is -2.09. The third kappa shape index (κ3) is 2.20. The molecule has 3 rings (SSSR count). The van der Waals surface area contributed by atoms with Crippen LogP contribution >= 0.6 is 0 Å². The number of carboxylic acid groups (broad SMARTS) is 1. The highest BCUT2D eigenvalue weighted by molar-refractivity contribution is 5.90. The highest BCUT2D eigenvalue weighted by Gasteiger charge is 2.21. The normalized spacial score (nSPS) is 12.3. The number of hydrogen-bond acceptors (Lipinski definition) is 3. The van der Waals surface area contributed by atoms with Crippen molar-refractivity contribution in [2.24, 2.45) is 0 Å². The van der Waals surface area contributed by atoms with E-state index in [-0.39, 0.29) is 0 Å². The first-order valence-electron chi connectivity index (χ1n) is 6.96. The van der Waals surface area contributed by atoms with Gasteiger partial charge >= 0.3 is 5.97 Å². The number of methoxy groups -OCH3 is 1. The molecule has 0 bridgehead atoms. The Balaban J connectivity index is 2.21. The van der Waals surface area contributed by atoms with E-state index in [4.69, 9.17) is 4.74 Å². The fourth-order valence-electron chi connectivity index (χ4n) is 2.57. The quantitative estimate of drug-likeness (QED) is 0.803. The summed E-state index contributed by atoms with van der Waals surface area (Å²) in [7, 11) is 1.55. The summed E-state index contributed by atoms with van der Waals surface area (Å²) in [4.78, 5) is 11.3. The standard InChI is InChI=1S/C17H16N2O3/c1-11(17(20)21)13-8-9-15-14(16(13)22-2)10-18-19(15)12-6-4-3-5-7-12/h3-11H,1-2H3,(H,20,21). The van der Waals surface area contributed by atoms with Crippen LogP contribution in [0.5, 0.6) is 5.75 Å². The van der Waals surface area contributed by atoms with Gasteiger partial charge in [0.2, 0.25) is 0 Å². The molecule has 1 N–H and O–H groups in total. The average molecular weight is 296 g/mol. The van der Waals surface area contributed by atoms with Crippen LogP contribution in [-0.4, -0.2) is 28.0 Å². The van der Waals surface area contributed by atoms with Gasteiger partial charge < -0.3 is 9.84 Å². The first kappa shape index (κ1) is 14.1. The SMILES string of the molecule is COc1c(C(C)C(=O)O)ccc2c1cnn2-c1ccccc1. The Hall–Kier alpha value is -2.82. The zero-order valence-corrected chi connectivity index (χ0v) is 12.4. The molecule has 3 aromatic rings. The van der Waals surface area contributed by atoms with Crippen molar-refractivity contribution in [3.05, 3.63) is 54.2 Å². The van der Waals surface area contributed by atoms with Crippen LogP contribution < -0.4 is 4.74 Å². The Kier molecular flexibility index (Phi) is 3.55. The average Bonchev–Trinajstić information content (AvgIpc) is 2.98. The molecule has 1 atom stereocenters. The Morgan fingerprint density at radius 2 is 1.95 bits per heavy atom. The van der Waals surface area contributed by atoms with Gasteiger partial charge in [0.1, 0.15) is 5.75 Å². The molecule has 0 amide bonds. The lowest BCUT2D eigenvalue weighted by molar-refractivity contribution is -0.138. The van der Waals surface area contributed by atoms with Gasteiger partial charge in [0.25, 0.3) is 0 Å². The summed E-state index contributed by atoms with van der Waals surface area (Å²) in [5.41, 5.74) is 2.47. The van der Waals surface area contributed by atoms with Crippen LogP contribution in [0, 0.1) is 0 Å². The molecular formula is C17H16N2O3. The van der Waals surface area contributed by atoms with Crippen molar-refractivity contribution >= 4 is 16.9 Å². The maximum absolute atomic E-state index is 11.3. The molecule has 1 unspecified atom stereocenters. The number of aromatic nitrogens is 2. The van der Waals surface area contributed by atoms with E-state index in [2.05, 4.69) is 5.10 Å². The van der Waals surface area contributed by atoms with Crippen LogP contribution in [-0.2, 0) is 4.79 Å². The molecule has 1 heterocycles. The minimum absolute atomic E-state index is 0.564. The first-order valence-corrected chi connectivity index (χ1v) is 6.96. The number of fused-ring (bicyclic) bond motifs is 1. The highest BCUT2D eigenvalue weighted by atomic mass is 16.5. The first-order chi connectivity index (χ1) is 10.6. The summed E-state index contributed by atoms with van der Waals surface area (Å²) in [6.45, 7) is 1.65. The molecule has 0 aliphatic heterocycles. The Labute approximate surface area is 127 Å². The van der Waals surface area contributed by atoms with Gasteiger partial charge in [-0.05, 0) is 25.1 Å². The van der Waals surface area contributed by atoms with Crippen molar-refractivity contribution in [3.63, 3.8) is 0 Å². The number of carbonyl (C=O) groups is 1. The molecule has 112 valence electrons. The van der Waals surface area contributed by atoms with E-state index < -0.39 is 11.9 Å². The molecule has 0 aliphatic carbocycles. The topological polar surface area (TPSA) is 64.3 Å². The lowest BCUT2D eigenvalue weighted by Gasteiger charge is -2.13. The minimum Gasteiger partial charge on any atom is -0.496 e. The highest BCUT2D eigenvalue weighted by Crippen LogP contribution is 2.35. The molecule has 2 aromatic carbocycles. The van der Waals surface area contributed by atoms with Gasteiger partial charge in [0, 0.05) is 5.56 Å². The van der Waals surface area contributed by atoms with E-state index in [1.54, 1.807) is 26.3 Å². The van der Waals surface area contributed by atoms with Crippen molar-refractivity contribution in [2.75, 3.05) is 7.11 Å². The van der Waals surface area contributed by atoms with E-state index >= 15 is 0 Å². The molecule has 0 radical (unpaired) electrons. The number of rotatable bonds is 4. The van der Waals surface area contributed by atoms with Crippen molar-refractivity contribution < 1.29 is 14.6 Å².